The molecule has 0 bridgehead atoms. The van der Waals surface area contributed by atoms with E-state index < -0.39 is 0 Å². The zero-order valence-corrected chi connectivity index (χ0v) is 12.2. The normalized spacial score (nSPS) is 11.4. The topological polar surface area (TPSA) is 51.8 Å². The predicted octanol–water partition coefficient (Wildman–Crippen LogP) is 4.31. The molecule has 0 aliphatic rings. The molecule has 5 heteroatoms. The summed E-state index contributed by atoms with van der Waals surface area (Å²) in [5.74, 6) is 1.35. The van der Waals surface area contributed by atoms with E-state index in [9.17, 15) is 0 Å². The smallest absolute Gasteiger partial charge is 0.250 e. The van der Waals surface area contributed by atoms with E-state index in [-0.39, 0.29) is 0 Å². The second-order valence-corrected chi connectivity index (χ2v) is 4.81. The fraction of sp³-hybridized carbons (Fsp3) is 0.188. The number of methoxy groups -OCH3 is 1. The van der Waals surface area contributed by atoms with Crippen LogP contribution in [0.25, 0.3) is 11.0 Å². The van der Waals surface area contributed by atoms with Crippen LogP contribution in [-0.2, 0) is 7.05 Å². The Bertz CT molecular complexity index is 820. The average molecular weight is 280 g/mol. The Kier molecular flexibility index (Phi) is 3.39. The van der Waals surface area contributed by atoms with Gasteiger partial charge in [-0.2, -0.15) is 0 Å². The third kappa shape index (κ3) is 2.50. The summed E-state index contributed by atoms with van der Waals surface area (Å²) in [4.78, 5) is 4.47. The molecule has 106 valence electrons. The van der Waals surface area contributed by atoms with Crippen LogP contribution in [0, 0.1) is 6.92 Å². The zero-order chi connectivity index (χ0) is 14.8. The molecule has 5 nitrogen and oxygen atoms in total. The van der Waals surface area contributed by atoms with Crippen LogP contribution in [0.4, 0.5) is 11.6 Å². The average Bonchev–Trinajstić information content (AvgIpc) is 2.83. The highest BCUT2D eigenvalue weighted by Gasteiger charge is 2.06. The van der Waals surface area contributed by atoms with Gasteiger partial charge in [-0.15, -0.1) is 10.2 Å². The quantitative estimate of drug-likeness (QED) is 0.671. The molecule has 1 heterocycles. The van der Waals surface area contributed by atoms with E-state index in [0.29, 0.717) is 5.95 Å². The predicted molar refractivity (Wildman–Crippen MR) is 82.6 cm³/mol. The Hall–Kier alpha value is -2.69. The summed E-state index contributed by atoms with van der Waals surface area (Å²) in [6.45, 7) is 1.99. The summed E-state index contributed by atoms with van der Waals surface area (Å²) in [7, 11) is 3.57. The first kappa shape index (κ1) is 13.3. The van der Waals surface area contributed by atoms with Crippen LogP contribution in [0.5, 0.6) is 5.75 Å². The third-order valence-corrected chi connectivity index (χ3v) is 3.43. The number of nitrogens with zero attached hydrogens (tertiary/aromatic N) is 4. The van der Waals surface area contributed by atoms with Crippen molar-refractivity contribution in [3.63, 3.8) is 0 Å². The van der Waals surface area contributed by atoms with Gasteiger partial charge in [0.2, 0.25) is 5.95 Å². The monoisotopic (exact) mass is 280 g/mol. The van der Waals surface area contributed by atoms with Gasteiger partial charge in [0.25, 0.3) is 0 Å². The number of aromatic nitrogens is 2. The molecule has 0 aliphatic carbocycles. The molecule has 0 atom stereocenters. The Morgan fingerprint density at radius 2 is 1.90 bits per heavy atom. The van der Waals surface area contributed by atoms with Crippen LogP contribution in [-0.4, -0.2) is 16.7 Å². The molecule has 21 heavy (non-hydrogen) atoms. The Morgan fingerprint density at radius 3 is 2.67 bits per heavy atom. The lowest BCUT2D eigenvalue weighted by atomic mass is 10.2. The molecule has 0 unspecified atom stereocenters. The van der Waals surface area contributed by atoms with E-state index in [1.807, 2.05) is 61.0 Å². The van der Waals surface area contributed by atoms with E-state index in [0.717, 1.165) is 28.0 Å². The van der Waals surface area contributed by atoms with Crippen molar-refractivity contribution >= 4 is 22.7 Å². The highest BCUT2D eigenvalue weighted by Crippen LogP contribution is 2.27. The third-order valence-electron chi connectivity index (χ3n) is 3.43. The Labute approximate surface area is 122 Å². The van der Waals surface area contributed by atoms with Crippen molar-refractivity contribution < 1.29 is 4.74 Å². The van der Waals surface area contributed by atoms with Crippen molar-refractivity contribution in [2.75, 3.05) is 7.11 Å². The lowest BCUT2D eigenvalue weighted by Crippen LogP contribution is -1.85. The molecule has 0 fully saturated rings. The first-order valence-corrected chi connectivity index (χ1v) is 6.67. The van der Waals surface area contributed by atoms with E-state index in [1.165, 1.54) is 0 Å². The lowest BCUT2D eigenvalue weighted by molar-refractivity contribution is 0.415. The number of benzene rings is 2. The molecule has 0 aliphatic heterocycles. The van der Waals surface area contributed by atoms with Gasteiger partial charge in [-0.3, -0.25) is 0 Å². The van der Waals surface area contributed by atoms with Crippen LogP contribution in [0.2, 0.25) is 0 Å². The number of imidazole rings is 1. The van der Waals surface area contributed by atoms with Crippen molar-refractivity contribution in [1.82, 2.24) is 9.55 Å². The summed E-state index contributed by atoms with van der Waals surface area (Å²) in [5.41, 5.74) is 3.77. The van der Waals surface area contributed by atoms with Gasteiger partial charge in [0.1, 0.15) is 5.75 Å². The number of hydrogen-bond acceptors (Lipinski definition) is 4. The fourth-order valence-corrected chi connectivity index (χ4v) is 2.14. The first-order valence-electron chi connectivity index (χ1n) is 6.67. The van der Waals surface area contributed by atoms with Gasteiger partial charge in [-0.1, -0.05) is 18.2 Å². The highest BCUT2D eigenvalue weighted by atomic mass is 16.5. The SMILES string of the molecule is COc1ccc(C)c(N=Nc2nc3ccccc3n2C)c1. The number of aryl methyl sites for hydroxylation is 2. The minimum absolute atomic E-state index is 0.582. The minimum Gasteiger partial charge on any atom is -0.497 e. The van der Waals surface area contributed by atoms with E-state index in [1.54, 1.807) is 7.11 Å². The number of azo groups is 1. The molecular formula is C16H16N4O. The fourth-order valence-electron chi connectivity index (χ4n) is 2.14. The summed E-state index contributed by atoms with van der Waals surface area (Å²) < 4.78 is 7.14. The molecule has 0 spiro atoms. The van der Waals surface area contributed by atoms with Crippen LogP contribution >= 0.6 is 0 Å². The largest absolute Gasteiger partial charge is 0.497 e. The van der Waals surface area contributed by atoms with Gasteiger partial charge in [0.05, 0.1) is 23.8 Å². The summed E-state index contributed by atoms with van der Waals surface area (Å²) >= 11 is 0. The van der Waals surface area contributed by atoms with E-state index >= 15 is 0 Å². The maximum Gasteiger partial charge on any atom is 0.250 e. The van der Waals surface area contributed by atoms with Gasteiger partial charge in [-0.05, 0) is 30.7 Å². The summed E-state index contributed by atoms with van der Waals surface area (Å²) in [6, 6.07) is 13.6. The highest BCUT2D eigenvalue weighted by molar-refractivity contribution is 5.77. The van der Waals surface area contributed by atoms with Crippen molar-refractivity contribution in [2.24, 2.45) is 17.3 Å². The second kappa shape index (κ2) is 5.36. The molecule has 0 saturated heterocycles. The summed E-state index contributed by atoms with van der Waals surface area (Å²) in [5, 5.41) is 8.57. The van der Waals surface area contributed by atoms with Crippen molar-refractivity contribution in [1.29, 1.82) is 0 Å². The van der Waals surface area contributed by atoms with E-state index in [2.05, 4.69) is 15.2 Å². The van der Waals surface area contributed by atoms with Crippen LogP contribution in [0.15, 0.2) is 52.7 Å². The van der Waals surface area contributed by atoms with Gasteiger partial charge in [-0.25, -0.2) is 4.98 Å². The molecule has 2 aromatic carbocycles. The van der Waals surface area contributed by atoms with Gasteiger partial charge < -0.3 is 9.30 Å². The molecule has 0 saturated carbocycles. The molecule has 0 radical (unpaired) electrons. The van der Waals surface area contributed by atoms with Crippen LogP contribution in [0.1, 0.15) is 5.56 Å². The standard InChI is InChI=1S/C16H16N4O/c1-11-8-9-12(21-3)10-14(11)18-19-16-17-13-6-4-5-7-15(13)20(16)2/h4-10H,1-3H3. The van der Waals surface area contributed by atoms with Crippen molar-refractivity contribution in [3.05, 3.63) is 48.0 Å². The maximum atomic E-state index is 5.21. The zero-order valence-electron chi connectivity index (χ0n) is 12.2. The number of rotatable bonds is 3. The number of ether oxygens (including phenoxy) is 1. The molecule has 3 rings (SSSR count). The number of para-hydroxylation sites is 2. The number of hydrogen-bond donors (Lipinski definition) is 0. The molecular weight excluding hydrogens is 264 g/mol. The lowest BCUT2D eigenvalue weighted by Gasteiger charge is -2.02. The second-order valence-electron chi connectivity index (χ2n) is 4.81. The van der Waals surface area contributed by atoms with Crippen molar-refractivity contribution in [2.45, 2.75) is 6.92 Å². The van der Waals surface area contributed by atoms with E-state index in [4.69, 9.17) is 4.74 Å². The van der Waals surface area contributed by atoms with Crippen LogP contribution < -0.4 is 4.74 Å². The van der Waals surface area contributed by atoms with Gasteiger partial charge >= 0.3 is 0 Å². The molecule has 1 aromatic heterocycles. The maximum absolute atomic E-state index is 5.21. The van der Waals surface area contributed by atoms with Gasteiger partial charge in [0.15, 0.2) is 0 Å². The van der Waals surface area contributed by atoms with Crippen molar-refractivity contribution in [3.8, 4) is 5.75 Å². The van der Waals surface area contributed by atoms with Crippen LogP contribution in [0.3, 0.4) is 0 Å². The van der Waals surface area contributed by atoms with Gasteiger partial charge in [0, 0.05) is 13.1 Å². The summed E-state index contributed by atoms with van der Waals surface area (Å²) in [6.07, 6.45) is 0. The number of fused-ring (bicyclic) bond motifs is 1. The Morgan fingerprint density at radius 1 is 1.10 bits per heavy atom. The molecule has 0 N–H and O–H groups in total. The molecule has 3 aromatic rings. The molecule has 0 amide bonds. The minimum atomic E-state index is 0.582. The first-order chi connectivity index (χ1) is 10.2. The Balaban J connectivity index is 2.00.